The maximum Gasteiger partial charge on any atom is 0.0911 e. The van der Waals surface area contributed by atoms with Crippen molar-refractivity contribution in [1.82, 2.24) is 0 Å². The Kier molecular flexibility index (Phi) is 2.86. The lowest BCUT2D eigenvalue weighted by molar-refractivity contribution is 0.797. The highest BCUT2D eigenvalue weighted by molar-refractivity contribution is 5.77. The monoisotopic (exact) mass is 162 g/mol. The van der Waals surface area contributed by atoms with E-state index in [0.717, 1.165) is 0 Å². The molecule has 64 valence electrons. The lowest BCUT2D eigenvalue weighted by atomic mass is 9.98. The average molecular weight is 162 g/mol. The first-order chi connectivity index (χ1) is 5.70. The van der Waals surface area contributed by atoms with E-state index in [4.69, 9.17) is 11.1 Å². The standard InChI is InChI=1S/C10H14N2/c1-8(7-10(11)12)9-5-3-2-4-6-9/h2-6,8H,7H2,1H3,(H3,11,12)/t8-/m1/s1. The molecule has 1 aromatic rings. The van der Waals surface area contributed by atoms with Crippen LogP contribution in [0.2, 0.25) is 0 Å². The average Bonchev–Trinajstić information content (AvgIpc) is 2.05. The molecule has 1 atom stereocenters. The first-order valence-corrected chi connectivity index (χ1v) is 4.08. The van der Waals surface area contributed by atoms with Gasteiger partial charge in [0.2, 0.25) is 0 Å². The summed E-state index contributed by atoms with van der Waals surface area (Å²) in [5.41, 5.74) is 6.56. The lowest BCUT2D eigenvalue weighted by Gasteiger charge is -2.09. The summed E-state index contributed by atoms with van der Waals surface area (Å²) in [6.07, 6.45) is 0.643. The molecule has 0 aliphatic heterocycles. The second-order valence-corrected chi connectivity index (χ2v) is 3.04. The van der Waals surface area contributed by atoms with Crippen LogP contribution in [0.3, 0.4) is 0 Å². The van der Waals surface area contributed by atoms with Crippen LogP contribution in [0.4, 0.5) is 0 Å². The fraction of sp³-hybridized carbons (Fsp3) is 0.300. The SMILES string of the molecule is C[C@H](CC(=N)N)c1ccccc1. The molecule has 0 unspecified atom stereocenters. The van der Waals surface area contributed by atoms with Gasteiger partial charge in [0.05, 0.1) is 5.84 Å². The van der Waals surface area contributed by atoms with Gasteiger partial charge in [-0.3, -0.25) is 5.41 Å². The van der Waals surface area contributed by atoms with Gasteiger partial charge in [-0.05, 0) is 11.5 Å². The molecule has 0 aliphatic carbocycles. The third-order valence-electron chi connectivity index (χ3n) is 1.89. The largest absolute Gasteiger partial charge is 0.388 e. The van der Waals surface area contributed by atoms with E-state index >= 15 is 0 Å². The Labute approximate surface area is 72.9 Å². The summed E-state index contributed by atoms with van der Waals surface area (Å²) in [5.74, 6) is 0.607. The molecular formula is C10H14N2. The number of hydrogen-bond donors (Lipinski definition) is 2. The number of nitrogens with one attached hydrogen (secondary N) is 1. The molecule has 1 aromatic carbocycles. The molecule has 0 aliphatic rings. The lowest BCUT2D eigenvalue weighted by Crippen LogP contribution is -2.12. The summed E-state index contributed by atoms with van der Waals surface area (Å²) in [6.45, 7) is 2.08. The number of amidine groups is 1. The summed E-state index contributed by atoms with van der Waals surface area (Å²) in [5, 5.41) is 7.15. The second-order valence-electron chi connectivity index (χ2n) is 3.04. The summed E-state index contributed by atoms with van der Waals surface area (Å²) in [4.78, 5) is 0. The smallest absolute Gasteiger partial charge is 0.0911 e. The van der Waals surface area contributed by atoms with Crippen LogP contribution in [0, 0.1) is 5.41 Å². The zero-order valence-electron chi connectivity index (χ0n) is 7.25. The Morgan fingerprint density at radius 2 is 2.00 bits per heavy atom. The van der Waals surface area contributed by atoms with E-state index in [2.05, 4.69) is 19.1 Å². The summed E-state index contributed by atoms with van der Waals surface area (Å²) in [6, 6.07) is 10.1. The van der Waals surface area contributed by atoms with Gasteiger partial charge in [0.1, 0.15) is 0 Å². The highest BCUT2D eigenvalue weighted by Crippen LogP contribution is 2.17. The van der Waals surface area contributed by atoms with Crippen molar-refractivity contribution in [3.8, 4) is 0 Å². The van der Waals surface area contributed by atoms with Gasteiger partial charge in [0, 0.05) is 6.42 Å². The van der Waals surface area contributed by atoms with Crippen molar-refractivity contribution in [3.63, 3.8) is 0 Å². The quantitative estimate of drug-likeness (QED) is 0.519. The maximum atomic E-state index is 7.15. The molecule has 0 radical (unpaired) electrons. The van der Waals surface area contributed by atoms with Crippen molar-refractivity contribution >= 4 is 5.84 Å². The van der Waals surface area contributed by atoms with Crippen LogP contribution in [0.15, 0.2) is 30.3 Å². The molecule has 0 saturated carbocycles. The molecular weight excluding hydrogens is 148 g/mol. The zero-order chi connectivity index (χ0) is 8.97. The van der Waals surface area contributed by atoms with E-state index in [1.165, 1.54) is 5.56 Å². The number of hydrogen-bond acceptors (Lipinski definition) is 1. The Morgan fingerprint density at radius 3 is 2.50 bits per heavy atom. The van der Waals surface area contributed by atoms with Gasteiger partial charge >= 0.3 is 0 Å². The van der Waals surface area contributed by atoms with Crippen LogP contribution in [-0.4, -0.2) is 5.84 Å². The molecule has 2 nitrogen and oxygen atoms in total. The third kappa shape index (κ3) is 2.38. The molecule has 0 fully saturated rings. The molecule has 2 heteroatoms. The van der Waals surface area contributed by atoms with Gasteiger partial charge in [-0.25, -0.2) is 0 Å². The van der Waals surface area contributed by atoms with Gasteiger partial charge in [0.15, 0.2) is 0 Å². The molecule has 0 bridgehead atoms. The highest BCUT2D eigenvalue weighted by atomic mass is 14.7. The number of nitrogens with two attached hydrogens (primary N) is 1. The van der Waals surface area contributed by atoms with Crippen LogP contribution in [0.1, 0.15) is 24.8 Å². The molecule has 0 aromatic heterocycles. The normalized spacial score (nSPS) is 12.4. The predicted octanol–water partition coefficient (Wildman–Crippen LogP) is 2.12. The summed E-state index contributed by atoms with van der Waals surface area (Å²) < 4.78 is 0. The molecule has 0 saturated heterocycles. The predicted molar refractivity (Wildman–Crippen MR) is 51.4 cm³/mol. The van der Waals surface area contributed by atoms with Crippen molar-refractivity contribution in [1.29, 1.82) is 5.41 Å². The minimum atomic E-state index is 0.256. The Hall–Kier alpha value is -1.31. The van der Waals surface area contributed by atoms with E-state index in [9.17, 15) is 0 Å². The van der Waals surface area contributed by atoms with Gasteiger partial charge in [-0.15, -0.1) is 0 Å². The second kappa shape index (κ2) is 3.90. The van der Waals surface area contributed by atoms with Crippen molar-refractivity contribution in [3.05, 3.63) is 35.9 Å². The van der Waals surface area contributed by atoms with Gasteiger partial charge < -0.3 is 5.73 Å². The van der Waals surface area contributed by atoms with Crippen molar-refractivity contribution in [2.24, 2.45) is 5.73 Å². The van der Waals surface area contributed by atoms with Crippen LogP contribution in [0.25, 0.3) is 0 Å². The Balaban J connectivity index is 2.65. The van der Waals surface area contributed by atoms with Crippen molar-refractivity contribution in [2.45, 2.75) is 19.3 Å². The fourth-order valence-corrected chi connectivity index (χ4v) is 1.23. The van der Waals surface area contributed by atoms with E-state index in [0.29, 0.717) is 12.3 Å². The minimum Gasteiger partial charge on any atom is -0.388 e. The van der Waals surface area contributed by atoms with E-state index in [-0.39, 0.29) is 5.84 Å². The van der Waals surface area contributed by atoms with E-state index in [1.54, 1.807) is 0 Å². The Bertz CT molecular complexity index is 254. The first kappa shape index (κ1) is 8.78. The van der Waals surface area contributed by atoms with E-state index in [1.807, 2.05) is 18.2 Å². The topological polar surface area (TPSA) is 49.9 Å². The third-order valence-corrected chi connectivity index (χ3v) is 1.89. The Morgan fingerprint density at radius 1 is 1.42 bits per heavy atom. The summed E-state index contributed by atoms with van der Waals surface area (Å²) >= 11 is 0. The van der Waals surface area contributed by atoms with Gasteiger partial charge in [-0.1, -0.05) is 37.3 Å². The highest BCUT2D eigenvalue weighted by Gasteiger charge is 2.04. The van der Waals surface area contributed by atoms with Crippen LogP contribution in [-0.2, 0) is 0 Å². The number of benzene rings is 1. The summed E-state index contributed by atoms with van der Waals surface area (Å²) in [7, 11) is 0. The minimum absolute atomic E-state index is 0.256. The van der Waals surface area contributed by atoms with Crippen LogP contribution >= 0.6 is 0 Å². The van der Waals surface area contributed by atoms with E-state index < -0.39 is 0 Å². The van der Waals surface area contributed by atoms with Crippen molar-refractivity contribution in [2.75, 3.05) is 0 Å². The first-order valence-electron chi connectivity index (χ1n) is 4.08. The zero-order valence-corrected chi connectivity index (χ0v) is 7.25. The molecule has 0 heterocycles. The molecule has 3 N–H and O–H groups in total. The van der Waals surface area contributed by atoms with Crippen molar-refractivity contribution < 1.29 is 0 Å². The fourth-order valence-electron chi connectivity index (χ4n) is 1.23. The number of rotatable bonds is 3. The molecule has 12 heavy (non-hydrogen) atoms. The van der Waals surface area contributed by atoms with Crippen LogP contribution < -0.4 is 5.73 Å². The van der Waals surface area contributed by atoms with Crippen LogP contribution in [0.5, 0.6) is 0 Å². The molecule has 0 amide bonds. The molecule has 0 spiro atoms. The molecule has 1 rings (SSSR count). The van der Waals surface area contributed by atoms with Gasteiger partial charge in [0.25, 0.3) is 0 Å². The van der Waals surface area contributed by atoms with Gasteiger partial charge in [-0.2, -0.15) is 0 Å². The maximum absolute atomic E-state index is 7.15.